The van der Waals surface area contributed by atoms with E-state index < -0.39 is 0 Å². The molecule has 0 amide bonds. The molecule has 0 aliphatic carbocycles. The van der Waals surface area contributed by atoms with Crippen LogP contribution in [-0.2, 0) is 6.42 Å². The molecule has 0 fully saturated rings. The molecular formula is C11H18N2O. The molecule has 1 aromatic heterocycles. The number of aryl methyl sites for hydroxylation is 1. The maximum atomic E-state index is 5.50. The van der Waals surface area contributed by atoms with Crippen LogP contribution in [0.15, 0.2) is 29.4 Å². The molecule has 1 heterocycles. The number of nitrogens with one attached hydrogen (secondary N) is 1. The van der Waals surface area contributed by atoms with Crippen molar-refractivity contribution < 1.29 is 4.42 Å². The molecule has 0 aliphatic heterocycles. The number of nitrogens with two attached hydrogens (primary N) is 1. The summed E-state index contributed by atoms with van der Waals surface area (Å²) in [5, 5.41) is 0. The predicted octanol–water partition coefficient (Wildman–Crippen LogP) is 2.31. The molecule has 0 saturated carbocycles. The quantitative estimate of drug-likeness (QED) is 0.415. The lowest BCUT2D eigenvalue weighted by Gasteiger charge is -2.14. The highest BCUT2D eigenvalue weighted by Gasteiger charge is 2.14. The molecule has 0 aliphatic rings. The van der Waals surface area contributed by atoms with Gasteiger partial charge in [0.05, 0.1) is 6.26 Å². The number of hydrogen-bond acceptors (Lipinski definition) is 3. The van der Waals surface area contributed by atoms with Gasteiger partial charge in [-0.15, -0.1) is 6.58 Å². The van der Waals surface area contributed by atoms with E-state index in [1.54, 1.807) is 6.26 Å². The lowest BCUT2D eigenvalue weighted by atomic mass is 10.0. The van der Waals surface area contributed by atoms with E-state index in [0.29, 0.717) is 0 Å². The van der Waals surface area contributed by atoms with Crippen molar-refractivity contribution in [2.24, 2.45) is 5.84 Å². The van der Waals surface area contributed by atoms with Crippen LogP contribution < -0.4 is 11.3 Å². The first-order chi connectivity index (χ1) is 6.83. The fourth-order valence-electron chi connectivity index (χ4n) is 1.56. The third-order valence-electron chi connectivity index (χ3n) is 2.34. The summed E-state index contributed by atoms with van der Waals surface area (Å²) in [4.78, 5) is 0. The predicted molar refractivity (Wildman–Crippen MR) is 57.6 cm³/mol. The number of rotatable bonds is 6. The van der Waals surface area contributed by atoms with Gasteiger partial charge in [-0.05, 0) is 18.9 Å². The van der Waals surface area contributed by atoms with E-state index in [0.717, 1.165) is 30.6 Å². The van der Waals surface area contributed by atoms with Gasteiger partial charge in [0.2, 0.25) is 0 Å². The maximum absolute atomic E-state index is 5.50. The molecule has 0 spiro atoms. The summed E-state index contributed by atoms with van der Waals surface area (Å²) in [6.45, 7) is 5.77. The summed E-state index contributed by atoms with van der Waals surface area (Å²) in [5.41, 5.74) is 3.97. The third kappa shape index (κ3) is 2.47. The Kier molecular flexibility index (Phi) is 4.43. The summed E-state index contributed by atoms with van der Waals surface area (Å²) in [6.07, 6.45) is 6.41. The molecule has 1 atom stereocenters. The SMILES string of the molecule is C=CCCC(NN)c1ccoc1CC. The van der Waals surface area contributed by atoms with Crippen LogP contribution in [0.2, 0.25) is 0 Å². The second-order valence-corrected chi connectivity index (χ2v) is 3.24. The Bertz CT molecular complexity index is 281. The molecule has 0 aromatic carbocycles. The van der Waals surface area contributed by atoms with Gasteiger partial charge in [0, 0.05) is 18.0 Å². The van der Waals surface area contributed by atoms with Crippen molar-refractivity contribution in [1.29, 1.82) is 0 Å². The van der Waals surface area contributed by atoms with E-state index >= 15 is 0 Å². The van der Waals surface area contributed by atoms with Gasteiger partial charge < -0.3 is 4.42 Å². The maximum Gasteiger partial charge on any atom is 0.108 e. The van der Waals surface area contributed by atoms with Gasteiger partial charge in [0.15, 0.2) is 0 Å². The Morgan fingerprint density at radius 2 is 2.50 bits per heavy atom. The summed E-state index contributed by atoms with van der Waals surface area (Å²) in [7, 11) is 0. The van der Waals surface area contributed by atoms with Crippen LogP contribution in [0.1, 0.15) is 37.1 Å². The zero-order chi connectivity index (χ0) is 10.4. The van der Waals surface area contributed by atoms with Crippen molar-refractivity contribution in [3.63, 3.8) is 0 Å². The van der Waals surface area contributed by atoms with E-state index in [2.05, 4.69) is 18.9 Å². The average molecular weight is 194 g/mol. The zero-order valence-corrected chi connectivity index (χ0v) is 8.62. The molecule has 3 heteroatoms. The molecule has 78 valence electrons. The standard InChI is InChI=1S/C11H18N2O/c1-3-5-6-10(13-12)9-7-8-14-11(9)4-2/h3,7-8,10,13H,1,4-6,12H2,2H3. The van der Waals surface area contributed by atoms with Gasteiger partial charge in [0.1, 0.15) is 5.76 Å². The van der Waals surface area contributed by atoms with E-state index in [1.165, 1.54) is 0 Å². The Hall–Kier alpha value is -1.06. The third-order valence-corrected chi connectivity index (χ3v) is 2.34. The van der Waals surface area contributed by atoms with Crippen LogP contribution in [-0.4, -0.2) is 0 Å². The van der Waals surface area contributed by atoms with Crippen LogP contribution in [0.4, 0.5) is 0 Å². The summed E-state index contributed by atoms with van der Waals surface area (Å²) < 4.78 is 5.36. The molecule has 14 heavy (non-hydrogen) atoms. The molecule has 1 rings (SSSR count). The van der Waals surface area contributed by atoms with Gasteiger partial charge in [-0.25, -0.2) is 0 Å². The smallest absolute Gasteiger partial charge is 0.108 e. The van der Waals surface area contributed by atoms with Crippen LogP contribution in [0.25, 0.3) is 0 Å². The molecule has 3 nitrogen and oxygen atoms in total. The average Bonchev–Trinajstić information content (AvgIpc) is 2.67. The van der Waals surface area contributed by atoms with Gasteiger partial charge >= 0.3 is 0 Å². The highest BCUT2D eigenvalue weighted by Crippen LogP contribution is 2.23. The zero-order valence-electron chi connectivity index (χ0n) is 8.62. The second kappa shape index (κ2) is 5.62. The molecular weight excluding hydrogens is 176 g/mol. The minimum atomic E-state index is 0.168. The fraction of sp³-hybridized carbons (Fsp3) is 0.455. The fourth-order valence-corrected chi connectivity index (χ4v) is 1.56. The van der Waals surface area contributed by atoms with Crippen molar-refractivity contribution in [3.8, 4) is 0 Å². The number of hydrogen-bond donors (Lipinski definition) is 2. The molecule has 3 N–H and O–H groups in total. The van der Waals surface area contributed by atoms with Crippen LogP contribution in [0, 0.1) is 0 Å². The monoisotopic (exact) mass is 194 g/mol. The normalized spacial score (nSPS) is 12.7. The molecule has 0 radical (unpaired) electrons. The molecule has 1 aromatic rings. The van der Waals surface area contributed by atoms with Crippen molar-refractivity contribution in [1.82, 2.24) is 5.43 Å². The molecule has 0 bridgehead atoms. The first-order valence-electron chi connectivity index (χ1n) is 4.96. The Morgan fingerprint density at radius 1 is 1.71 bits per heavy atom. The van der Waals surface area contributed by atoms with E-state index in [-0.39, 0.29) is 6.04 Å². The van der Waals surface area contributed by atoms with Crippen LogP contribution >= 0.6 is 0 Å². The Morgan fingerprint density at radius 3 is 3.07 bits per heavy atom. The lowest BCUT2D eigenvalue weighted by molar-refractivity contribution is 0.476. The Labute approximate surface area is 85.0 Å². The minimum Gasteiger partial charge on any atom is -0.469 e. The lowest BCUT2D eigenvalue weighted by Crippen LogP contribution is -2.28. The van der Waals surface area contributed by atoms with Crippen molar-refractivity contribution in [2.45, 2.75) is 32.2 Å². The van der Waals surface area contributed by atoms with E-state index in [1.807, 2.05) is 12.1 Å². The van der Waals surface area contributed by atoms with Crippen LogP contribution in [0.5, 0.6) is 0 Å². The molecule has 0 saturated heterocycles. The number of hydrazine groups is 1. The van der Waals surface area contributed by atoms with Gasteiger partial charge in [-0.3, -0.25) is 11.3 Å². The highest BCUT2D eigenvalue weighted by molar-refractivity contribution is 5.21. The van der Waals surface area contributed by atoms with E-state index in [9.17, 15) is 0 Å². The van der Waals surface area contributed by atoms with Crippen molar-refractivity contribution >= 4 is 0 Å². The second-order valence-electron chi connectivity index (χ2n) is 3.24. The first-order valence-corrected chi connectivity index (χ1v) is 4.96. The number of furan rings is 1. The topological polar surface area (TPSA) is 51.2 Å². The van der Waals surface area contributed by atoms with Gasteiger partial charge in [0.25, 0.3) is 0 Å². The van der Waals surface area contributed by atoms with E-state index in [4.69, 9.17) is 10.3 Å². The minimum absolute atomic E-state index is 0.168. The Balaban J connectivity index is 2.72. The van der Waals surface area contributed by atoms with Gasteiger partial charge in [-0.1, -0.05) is 13.0 Å². The van der Waals surface area contributed by atoms with Crippen LogP contribution in [0.3, 0.4) is 0 Å². The highest BCUT2D eigenvalue weighted by atomic mass is 16.3. The number of allylic oxidation sites excluding steroid dienone is 1. The first kappa shape index (κ1) is 11.0. The van der Waals surface area contributed by atoms with Gasteiger partial charge in [-0.2, -0.15) is 0 Å². The largest absolute Gasteiger partial charge is 0.469 e. The molecule has 1 unspecified atom stereocenters. The summed E-state index contributed by atoms with van der Waals surface area (Å²) >= 11 is 0. The summed E-state index contributed by atoms with van der Waals surface area (Å²) in [6, 6.07) is 2.15. The van der Waals surface area contributed by atoms with Crippen molar-refractivity contribution in [3.05, 3.63) is 36.3 Å². The summed E-state index contributed by atoms with van der Waals surface area (Å²) in [5.74, 6) is 6.51. The van der Waals surface area contributed by atoms with Crippen molar-refractivity contribution in [2.75, 3.05) is 0 Å².